The highest BCUT2D eigenvalue weighted by Gasteiger charge is 2.52. The molecule has 0 unspecified atom stereocenters. The van der Waals surface area contributed by atoms with Crippen molar-refractivity contribution in [3.05, 3.63) is 29.3 Å². The van der Waals surface area contributed by atoms with Gasteiger partial charge in [0.2, 0.25) is 5.78 Å². The van der Waals surface area contributed by atoms with E-state index in [0.717, 1.165) is 48.3 Å². The monoisotopic (exact) mass is 320 g/mol. The van der Waals surface area contributed by atoms with Crippen molar-refractivity contribution in [3.8, 4) is 5.75 Å². The van der Waals surface area contributed by atoms with E-state index in [9.17, 15) is 13.6 Å². The third kappa shape index (κ3) is 2.38. The summed E-state index contributed by atoms with van der Waals surface area (Å²) in [4.78, 5) is 11.7. The number of benzene rings is 1. The SMILES string of the molecule is COc1ccc(C(=O)C(F)F)cc1C12CC3CC(CC(C3)C1)C2. The van der Waals surface area contributed by atoms with Crippen molar-refractivity contribution in [3.63, 3.8) is 0 Å². The number of ether oxygens (including phenoxy) is 1. The fraction of sp³-hybridized carbons (Fsp3) is 0.632. The Labute approximate surface area is 135 Å². The third-order valence-electron chi connectivity index (χ3n) is 6.29. The number of rotatable bonds is 4. The predicted molar refractivity (Wildman–Crippen MR) is 83.2 cm³/mol. The lowest BCUT2D eigenvalue weighted by atomic mass is 9.48. The molecule has 1 aromatic carbocycles. The molecule has 5 rings (SSSR count). The van der Waals surface area contributed by atoms with Crippen LogP contribution in [0.1, 0.15) is 54.4 Å². The Balaban J connectivity index is 1.78. The van der Waals surface area contributed by atoms with Crippen molar-refractivity contribution in [1.82, 2.24) is 0 Å². The van der Waals surface area contributed by atoms with E-state index in [1.54, 1.807) is 19.2 Å². The first-order chi connectivity index (χ1) is 11.0. The summed E-state index contributed by atoms with van der Waals surface area (Å²) in [5.41, 5.74) is 1.13. The van der Waals surface area contributed by atoms with E-state index in [-0.39, 0.29) is 11.0 Å². The van der Waals surface area contributed by atoms with Gasteiger partial charge >= 0.3 is 6.43 Å². The van der Waals surface area contributed by atoms with Crippen LogP contribution in [0.2, 0.25) is 0 Å². The quantitative estimate of drug-likeness (QED) is 0.757. The number of hydrogen-bond acceptors (Lipinski definition) is 2. The van der Waals surface area contributed by atoms with Crippen LogP contribution in [0.15, 0.2) is 18.2 Å². The second kappa shape index (κ2) is 5.29. The van der Waals surface area contributed by atoms with Crippen LogP contribution in [0.4, 0.5) is 8.78 Å². The maximum absolute atomic E-state index is 12.8. The molecule has 4 aliphatic rings. The molecule has 4 saturated carbocycles. The first kappa shape index (κ1) is 15.1. The highest BCUT2D eigenvalue weighted by atomic mass is 19.3. The Morgan fingerprint density at radius 3 is 2.17 bits per heavy atom. The zero-order valence-electron chi connectivity index (χ0n) is 13.4. The lowest BCUT2D eigenvalue weighted by molar-refractivity contribution is -0.00619. The summed E-state index contributed by atoms with van der Waals surface area (Å²) in [7, 11) is 1.62. The van der Waals surface area contributed by atoms with Crippen LogP contribution in [0.5, 0.6) is 5.75 Å². The van der Waals surface area contributed by atoms with Crippen molar-refractivity contribution in [2.75, 3.05) is 7.11 Å². The van der Waals surface area contributed by atoms with Crippen LogP contribution in [0, 0.1) is 17.8 Å². The molecular formula is C19H22F2O2. The number of carbonyl (C=O) groups excluding carboxylic acids is 1. The number of halogens is 2. The maximum atomic E-state index is 12.8. The zero-order chi connectivity index (χ0) is 16.2. The third-order valence-corrected chi connectivity index (χ3v) is 6.29. The molecule has 0 aromatic heterocycles. The second-order valence-corrected chi connectivity index (χ2v) is 7.78. The molecule has 2 nitrogen and oxygen atoms in total. The van der Waals surface area contributed by atoms with Crippen LogP contribution in [-0.2, 0) is 5.41 Å². The first-order valence-corrected chi connectivity index (χ1v) is 8.51. The summed E-state index contributed by atoms with van der Waals surface area (Å²) < 4.78 is 31.1. The lowest BCUT2D eigenvalue weighted by Crippen LogP contribution is -2.48. The Morgan fingerprint density at radius 2 is 1.70 bits per heavy atom. The van der Waals surface area contributed by atoms with Gasteiger partial charge in [-0.3, -0.25) is 4.79 Å². The van der Waals surface area contributed by atoms with Gasteiger partial charge in [-0.15, -0.1) is 0 Å². The Hall–Kier alpha value is -1.45. The molecule has 4 aliphatic carbocycles. The van der Waals surface area contributed by atoms with Gasteiger partial charge < -0.3 is 4.74 Å². The minimum absolute atomic E-state index is 0.0263. The van der Waals surface area contributed by atoms with Crippen molar-refractivity contribution in [2.45, 2.75) is 50.4 Å². The van der Waals surface area contributed by atoms with E-state index < -0.39 is 12.2 Å². The Bertz CT molecular complexity index is 603. The fourth-order valence-corrected chi connectivity index (χ4v) is 5.84. The molecule has 124 valence electrons. The normalized spacial score (nSPS) is 34.9. The zero-order valence-corrected chi connectivity index (χ0v) is 13.4. The van der Waals surface area contributed by atoms with Gasteiger partial charge in [0, 0.05) is 11.1 Å². The van der Waals surface area contributed by atoms with Gasteiger partial charge in [0.05, 0.1) is 7.11 Å². The van der Waals surface area contributed by atoms with Crippen molar-refractivity contribution in [1.29, 1.82) is 0 Å². The lowest BCUT2D eigenvalue weighted by Gasteiger charge is -2.57. The molecule has 1 aromatic rings. The average Bonchev–Trinajstić information content (AvgIpc) is 2.52. The Morgan fingerprint density at radius 1 is 1.13 bits per heavy atom. The predicted octanol–water partition coefficient (Wildman–Crippen LogP) is 4.61. The van der Waals surface area contributed by atoms with Crippen LogP contribution < -0.4 is 4.74 Å². The minimum Gasteiger partial charge on any atom is -0.496 e. The highest BCUT2D eigenvalue weighted by Crippen LogP contribution is 2.61. The van der Waals surface area contributed by atoms with Crippen molar-refractivity contribution >= 4 is 5.78 Å². The molecule has 0 saturated heterocycles. The summed E-state index contributed by atoms with van der Waals surface area (Å²) in [5.74, 6) is 1.91. The summed E-state index contributed by atoms with van der Waals surface area (Å²) in [6.45, 7) is 0. The van der Waals surface area contributed by atoms with Crippen LogP contribution in [0.25, 0.3) is 0 Å². The van der Waals surface area contributed by atoms with Crippen molar-refractivity contribution in [2.24, 2.45) is 17.8 Å². The number of alkyl halides is 2. The smallest absolute Gasteiger partial charge is 0.300 e. The summed E-state index contributed by atoms with van der Waals surface area (Å²) in [6.07, 6.45) is 4.34. The van der Waals surface area contributed by atoms with E-state index in [0.29, 0.717) is 0 Å². The van der Waals surface area contributed by atoms with Gasteiger partial charge in [-0.05, 0) is 79.9 Å². The molecule has 4 heteroatoms. The van der Waals surface area contributed by atoms with Gasteiger partial charge in [-0.2, -0.15) is 0 Å². The average molecular weight is 320 g/mol. The molecule has 0 spiro atoms. The van der Waals surface area contributed by atoms with Crippen LogP contribution in [0.3, 0.4) is 0 Å². The molecule has 0 radical (unpaired) electrons. The number of Topliss-reactive ketones (excluding diaryl/α,β-unsaturated/α-hetero) is 1. The van der Waals surface area contributed by atoms with E-state index >= 15 is 0 Å². The summed E-state index contributed by atoms with van der Waals surface area (Å²) >= 11 is 0. The van der Waals surface area contributed by atoms with Gasteiger partial charge in [0.25, 0.3) is 0 Å². The molecule has 23 heavy (non-hydrogen) atoms. The molecule has 0 heterocycles. The highest BCUT2D eigenvalue weighted by molar-refractivity contribution is 5.98. The molecule has 0 atom stereocenters. The van der Waals surface area contributed by atoms with Gasteiger partial charge in [-0.1, -0.05) is 0 Å². The molecule has 0 aliphatic heterocycles. The maximum Gasteiger partial charge on any atom is 0.300 e. The molecule has 0 amide bonds. The largest absolute Gasteiger partial charge is 0.496 e. The van der Waals surface area contributed by atoms with Gasteiger partial charge in [0.1, 0.15) is 5.75 Å². The molecule has 4 bridgehead atoms. The van der Waals surface area contributed by atoms with E-state index in [1.165, 1.54) is 25.3 Å². The Kier molecular flexibility index (Phi) is 3.47. The minimum atomic E-state index is -2.95. The number of carbonyl (C=O) groups is 1. The van der Waals surface area contributed by atoms with E-state index in [2.05, 4.69) is 0 Å². The van der Waals surface area contributed by atoms with Crippen molar-refractivity contribution < 1.29 is 18.3 Å². The molecular weight excluding hydrogens is 298 g/mol. The van der Waals surface area contributed by atoms with E-state index in [4.69, 9.17) is 4.74 Å². The topological polar surface area (TPSA) is 26.3 Å². The number of methoxy groups -OCH3 is 1. The summed E-state index contributed by atoms with van der Waals surface area (Å²) in [6, 6.07) is 4.86. The van der Waals surface area contributed by atoms with Crippen LogP contribution >= 0.6 is 0 Å². The van der Waals surface area contributed by atoms with Gasteiger partial charge in [0.15, 0.2) is 0 Å². The first-order valence-electron chi connectivity index (χ1n) is 8.51. The number of hydrogen-bond donors (Lipinski definition) is 0. The standard InChI is InChI=1S/C19H22F2O2/c1-23-16-3-2-14(17(22)18(20)21)7-15(16)19-8-11-4-12(9-19)6-13(5-11)10-19/h2-3,7,11-13,18H,4-6,8-10H2,1H3. The molecule has 0 N–H and O–H groups in total. The van der Waals surface area contributed by atoms with E-state index in [1.807, 2.05) is 0 Å². The fourth-order valence-electron chi connectivity index (χ4n) is 5.84. The molecule has 4 fully saturated rings. The second-order valence-electron chi connectivity index (χ2n) is 7.78. The van der Waals surface area contributed by atoms with Gasteiger partial charge in [-0.25, -0.2) is 8.78 Å². The van der Waals surface area contributed by atoms with Crippen LogP contribution in [-0.4, -0.2) is 19.3 Å². The number of ketones is 1. The summed E-state index contributed by atoms with van der Waals surface area (Å²) in [5, 5.41) is 0.